The summed E-state index contributed by atoms with van der Waals surface area (Å²) >= 11 is 1.27. The smallest absolute Gasteiger partial charge is 0.320 e. The second-order valence-corrected chi connectivity index (χ2v) is 5.76. The van der Waals surface area contributed by atoms with E-state index in [9.17, 15) is 9.18 Å². The number of urea groups is 1. The van der Waals surface area contributed by atoms with Gasteiger partial charge in [-0.25, -0.2) is 9.18 Å². The van der Waals surface area contributed by atoms with E-state index >= 15 is 0 Å². The minimum absolute atomic E-state index is 0.211. The standard InChI is InChI=1S/C15H19FN4OS/c1-2-3-4-9-20(10-12-5-7-13(16)8-6-12)15(21)18-14-19-17-11-22-14/h5-8,11H,2-4,9-10H2,1H3,(H,18,19,21). The van der Waals surface area contributed by atoms with Crippen molar-refractivity contribution in [3.63, 3.8) is 0 Å². The van der Waals surface area contributed by atoms with Crippen LogP contribution in [0.4, 0.5) is 14.3 Å². The molecule has 0 fully saturated rings. The van der Waals surface area contributed by atoms with Crippen LogP contribution in [0.15, 0.2) is 29.8 Å². The summed E-state index contributed by atoms with van der Waals surface area (Å²) in [4.78, 5) is 14.1. The molecular weight excluding hydrogens is 303 g/mol. The number of hydrogen-bond donors (Lipinski definition) is 1. The molecule has 0 aliphatic carbocycles. The summed E-state index contributed by atoms with van der Waals surface area (Å²) in [6.07, 6.45) is 3.08. The molecule has 0 atom stereocenters. The van der Waals surface area contributed by atoms with E-state index in [-0.39, 0.29) is 11.8 Å². The minimum atomic E-state index is -0.278. The van der Waals surface area contributed by atoms with E-state index in [1.54, 1.807) is 22.5 Å². The van der Waals surface area contributed by atoms with Crippen LogP contribution in [0.1, 0.15) is 31.7 Å². The Morgan fingerprint density at radius 1 is 1.32 bits per heavy atom. The van der Waals surface area contributed by atoms with Crippen molar-refractivity contribution in [3.05, 3.63) is 41.2 Å². The Kier molecular flexibility index (Phi) is 6.27. The average molecular weight is 322 g/mol. The lowest BCUT2D eigenvalue weighted by atomic mass is 10.2. The second-order valence-electron chi connectivity index (χ2n) is 4.93. The molecule has 0 spiro atoms. The molecule has 22 heavy (non-hydrogen) atoms. The van der Waals surface area contributed by atoms with Crippen LogP contribution < -0.4 is 5.32 Å². The molecule has 2 aromatic rings. The average Bonchev–Trinajstić information content (AvgIpc) is 3.01. The zero-order chi connectivity index (χ0) is 15.8. The molecule has 0 aliphatic heterocycles. The normalized spacial score (nSPS) is 10.5. The van der Waals surface area contributed by atoms with E-state index in [4.69, 9.17) is 0 Å². The molecule has 0 saturated carbocycles. The molecule has 1 heterocycles. The fourth-order valence-corrected chi connectivity index (χ4v) is 2.45. The lowest BCUT2D eigenvalue weighted by Crippen LogP contribution is -2.35. The summed E-state index contributed by atoms with van der Waals surface area (Å²) < 4.78 is 13.0. The van der Waals surface area contributed by atoms with Gasteiger partial charge in [0.05, 0.1) is 0 Å². The molecule has 118 valence electrons. The third-order valence-corrected chi connectivity index (χ3v) is 3.79. The molecule has 0 unspecified atom stereocenters. The van der Waals surface area contributed by atoms with Crippen LogP contribution in [0.3, 0.4) is 0 Å². The fraction of sp³-hybridized carbons (Fsp3) is 0.400. The predicted molar refractivity (Wildman–Crippen MR) is 85.3 cm³/mol. The highest BCUT2D eigenvalue weighted by atomic mass is 32.1. The number of halogens is 1. The van der Waals surface area contributed by atoms with Crippen LogP contribution >= 0.6 is 11.3 Å². The van der Waals surface area contributed by atoms with Crippen molar-refractivity contribution in [2.24, 2.45) is 0 Å². The van der Waals surface area contributed by atoms with E-state index in [1.807, 2.05) is 0 Å². The zero-order valence-electron chi connectivity index (χ0n) is 12.5. The maximum Gasteiger partial charge on any atom is 0.323 e. The Labute approximate surface area is 133 Å². The van der Waals surface area contributed by atoms with Gasteiger partial charge in [-0.3, -0.25) is 5.32 Å². The topological polar surface area (TPSA) is 58.1 Å². The fourth-order valence-electron chi connectivity index (χ4n) is 2.01. The third-order valence-electron chi connectivity index (χ3n) is 3.18. The first-order valence-electron chi connectivity index (χ1n) is 7.25. The van der Waals surface area contributed by atoms with Crippen molar-refractivity contribution in [2.75, 3.05) is 11.9 Å². The van der Waals surface area contributed by atoms with Gasteiger partial charge >= 0.3 is 6.03 Å². The van der Waals surface area contributed by atoms with E-state index in [2.05, 4.69) is 22.4 Å². The molecule has 5 nitrogen and oxygen atoms in total. The molecule has 1 aromatic carbocycles. The summed E-state index contributed by atoms with van der Waals surface area (Å²) in [5.74, 6) is -0.278. The minimum Gasteiger partial charge on any atom is -0.320 e. The van der Waals surface area contributed by atoms with E-state index in [0.717, 1.165) is 24.8 Å². The summed E-state index contributed by atoms with van der Waals surface area (Å²) in [5, 5.41) is 10.7. The lowest BCUT2D eigenvalue weighted by molar-refractivity contribution is 0.208. The SMILES string of the molecule is CCCCCN(Cc1ccc(F)cc1)C(=O)Nc1nncs1. The highest BCUT2D eigenvalue weighted by Crippen LogP contribution is 2.13. The molecule has 0 aliphatic rings. The van der Waals surface area contributed by atoms with Gasteiger partial charge in [0.25, 0.3) is 0 Å². The molecule has 1 aromatic heterocycles. The van der Waals surface area contributed by atoms with Crippen molar-refractivity contribution in [3.8, 4) is 0 Å². The van der Waals surface area contributed by atoms with Gasteiger partial charge in [0.2, 0.25) is 5.13 Å². The number of nitrogens with one attached hydrogen (secondary N) is 1. The predicted octanol–water partition coefficient (Wildman–Crippen LogP) is 3.90. The molecule has 1 N–H and O–H groups in total. The summed E-state index contributed by atoms with van der Waals surface area (Å²) in [5.41, 5.74) is 2.46. The Balaban J connectivity index is 2.00. The van der Waals surface area contributed by atoms with Crippen LogP contribution in [0.25, 0.3) is 0 Å². The first-order valence-corrected chi connectivity index (χ1v) is 8.13. The van der Waals surface area contributed by atoms with Crippen LogP contribution in [0, 0.1) is 5.82 Å². The van der Waals surface area contributed by atoms with E-state index in [1.165, 1.54) is 23.5 Å². The van der Waals surface area contributed by atoms with Gasteiger partial charge in [0.1, 0.15) is 11.3 Å². The van der Waals surface area contributed by atoms with Crippen molar-refractivity contribution in [1.29, 1.82) is 0 Å². The molecule has 2 rings (SSSR count). The number of carbonyl (C=O) groups is 1. The van der Waals surface area contributed by atoms with Crippen LogP contribution in [-0.2, 0) is 6.54 Å². The molecular formula is C15H19FN4OS. The highest BCUT2D eigenvalue weighted by Gasteiger charge is 2.15. The highest BCUT2D eigenvalue weighted by molar-refractivity contribution is 7.13. The largest absolute Gasteiger partial charge is 0.323 e. The van der Waals surface area contributed by atoms with Gasteiger partial charge in [-0.15, -0.1) is 10.2 Å². The van der Waals surface area contributed by atoms with Gasteiger partial charge in [-0.2, -0.15) is 0 Å². The van der Waals surface area contributed by atoms with Crippen molar-refractivity contribution >= 4 is 22.5 Å². The third kappa shape index (κ3) is 5.07. The number of rotatable bonds is 7. The first-order chi connectivity index (χ1) is 10.7. The van der Waals surface area contributed by atoms with Crippen molar-refractivity contribution in [2.45, 2.75) is 32.7 Å². The number of nitrogens with zero attached hydrogens (tertiary/aromatic N) is 3. The number of carbonyl (C=O) groups excluding carboxylic acids is 1. The number of benzene rings is 1. The van der Waals surface area contributed by atoms with Crippen molar-refractivity contribution < 1.29 is 9.18 Å². The number of unbranched alkanes of at least 4 members (excludes halogenated alkanes) is 2. The Bertz CT molecular complexity index is 574. The summed E-state index contributed by atoms with van der Waals surface area (Å²) in [7, 11) is 0. The quantitative estimate of drug-likeness (QED) is 0.787. The number of hydrogen-bond acceptors (Lipinski definition) is 4. The first kappa shape index (κ1) is 16.4. The molecule has 7 heteroatoms. The Hall–Kier alpha value is -2.02. The number of anilines is 1. The number of amides is 2. The Morgan fingerprint density at radius 3 is 2.73 bits per heavy atom. The van der Waals surface area contributed by atoms with Gasteiger partial charge in [-0.1, -0.05) is 43.2 Å². The van der Waals surface area contributed by atoms with Gasteiger partial charge in [-0.05, 0) is 24.1 Å². The van der Waals surface area contributed by atoms with E-state index < -0.39 is 0 Å². The second kappa shape index (κ2) is 8.43. The zero-order valence-corrected chi connectivity index (χ0v) is 13.3. The van der Waals surface area contributed by atoms with Gasteiger partial charge < -0.3 is 4.90 Å². The molecule has 0 radical (unpaired) electrons. The van der Waals surface area contributed by atoms with Crippen molar-refractivity contribution in [1.82, 2.24) is 15.1 Å². The Morgan fingerprint density at radius 2 is 2.09 bits per heavy atom. The van der Waals surface area contributed by atoms with Crippen LogP contribution in [0.2, 0.25) is 0 Å². The van der Waals surface area contributed by atoms with Crippen LogP contribution in [0.5, 0.6) is 0 Å². The van der Waals surface area contributed by atoms with E-state index in [0.29, 0.717) is 18.2 Å². The van der Waals surface area contributed by atoms with Crippen LogP contribution in [-0.4, -0.2) is 27.7 Å². The number of aromatic nitrogens is 2. The van der Waals surface area contributed by atoms with Gasteiger partial charge in [0.15, 0.2) is 0 Å². The monoisotopic (exact) mass is 322 g/mol. The lowest BCUT2D eigenvalue weighted by Gasteiger charge is -2.22. The van der Waals surface area contributed by atoms with Gasteiger partial charge in [0, 0.05) is 13.1 Å². The summed E-state index contributed by atoms with van der Waals surface area (Å²) in [6.45, 7) is 3.20. The maximum atomic E-state index is 13.0. The molecule has 0 bridgehead atoms. The molecule has 0 saturated heterocycles. The summed E-state index contributed by atoms with van der Waals surface area (Å²) in [6, 6.07) is 5.99. The molecule has 2 amide bonds. The maximum absolute atomic E-state index is 13.0.